The first-order valence-corrected chi connectivity index (χ1v) is 8.29. The van der Waals surface area contributed by atoms with Crippen molar-refractivity contribution >= 4 is 17.6 Å². The summed E-state index contributed by atoms with van der Waals surface area (Å²) < 4.78 is 10.3. The van der Waals surface area contributed by atoms with Crippen LogP contribution in [0.2, 0.25) is 0 Å². The van der Waals surface area contributed by atoms with Crippen molar-refractivity contribution in [2.45, 2.75) is 26.7 Å². The van der Waals surface area contributed by atoms with Crippen molar-refractivity contribution in [3.05, 3.63) is 59.7 Å². The predicted octanol–water partition coefficient (Wildman–Crippen LogP) is 4.00. The second-order valence-corrected chi connectivity index (χ2v) is 5.86. The molecule has 2 rings (SSSR count). The summed E-state index contributed by atoms with van der Waals surface area (Å²) in [5.74, 6) is 0.340. The van der Waals surface area contributed by atoms with E-state index >= 15 is 0 Å². The summed E-state index contributed by atoms with van der Waals surface area (Å²) >= 11 is 0. The fourth-order valence-electron chi connectivity index (χ4n) is 2.20. The first-order valence-electron chi connectivity index (χ1n) is 8.29. The Kier molecular flexibility index (Phi) is 6.57. The lowest BCUT2D eigenvalue weighted by Gasteiger charge is -2.10. The van der Waals surface area contributed by atoms with Gasteiger partial charge in [-0.15, -0.1) is 0 Å². The minimum atomic E-state index is -0.378. The van der Waals surface area contributed by atoms with E-state index in [-0.39, 0.29) is 18.5 Å². The average Bonchev–Trinajstić information content (AvgIpc) is 2.61. The Morgan fingerprint density at radius 3 is 2.20 bits per heavy atom. The Bertz CT molecular complexity index is 705. The SMILES string of the molecule is CCOC(=O)c1ccc(OCC(=O)Nc2ccc(C(C)C)cc2)cc1. The topological polar surface area (TPSA) is 64.6 Å². The zero-order valence-corrected chi connectivity index (χ0v) is 14.7. The van der Waals surface area contributed by atoms with Gasteiger partial charge in [0, 0.05) is 5.69 Å². The van der Waals surface area contributed by atoms with Crippen LogP contribution in [0, 0.1) is 0 Å². The Labute approximate surface area is 148 Å². The van der Waals surface area contributed by atoms with Crippen LogP contribution in [-0.4, -0.2) is 25.1 Å². The lowest BCUT2D eigenvalue weighted by Crippen LogP contribution is -2.20. The molecule has 0 aromatic heterocycles. The fourth-order valence-corrected chi connectivity index (χ4v) is 2.20. The molecule has 0 saturated heterocycles. The van der Waals surface area contributed by atoms with Gasteiger partial charge in [0.25, 0.3) is 5.91 Å². The van der Waals surface area contributed by atoms with Crippen molar-refractivity contribution in [3.63, 3.8) is 0 Å². The summed E-state index contributed by atoms with van der Waals surface area (Å²) in [5.41, 5.74) is 2.40. The molecule has 0 saturated carbocycles. The van der Waals surface area contributed by atoms with E-state index in [0.29, 0.717) is 23.8 Å². The first-order chi connectivity index (χ1) is 12.0. The third kappa shape index (κ3) is 5.64. The monoisotopic (exact) mass is 341 g/mol. The van der Waals surface area contributed by atoms with Crippen LogP contribution in [0.3, 0.4) is 0 Å². The maximum Gasteiger partial charge on any atom is 0.338 e. The Balaban J connectivity index is 1.84. The van der Waals surface area contributed by atoms with E-state index in [1.54, 1.807) is 31.2 Å². The molecule has 0 bridgehead atoms. The number of amides is 1. The van der Waals surface area contributed by atoms with Gasteiger partial charge in [-0.05, 0) is 54.8 Å². The van der Waals surface area contributed by atoms with Crippen LogP contribution < -0.4 is 10.1 Å². The average molecular weight is 341 g/mol. The number of carbonyl (C=O) groups excluding carboxylic acids is 2. The molecule has 0 fully saturated rings. The Morgan fingerprint density at radius 2 is 1.64 bits per heavy atom. The minimum absolute atomic E-state index is 0.106. The van der Waals surface area contributed by atoms with Gasteiger partial charge in [0.2, 0.25) is 0 Å². The summed E-state index contributed by atoms with van der Waals surface area (Å²) in [5, 5.41) is 2.79. The van der Waals surface area contributed by atoms with Gasteiger partial charge in [0.05, 0.1) is 12.2 Å². The number of hydrogen-bond acceptors (Lipinski definition) is 4. The highest BCUT2D eigenvalue weighted by molar-refractivity contribution is 5.92. The van der Waals surface area contributed by atoms with E-state index in [2.05, 4.69) is 19.2 Å². The Morgan fingerprint density at radius 1 is 1.00 bits per heavy atom. The number of esters is 1. The summed E-state index contributed by atoms with van der Waals surface area (Å²) in [7, 11) is 0. The van der Waals surface area contributed by atoms with Crippen LogP contribution in [0.15, 0.2) is 48.5 Å². The molecule has 5 nitrogen and oxygen atoms in total. The van der Waals surface area contributed by atoms with Gasteiger partial charge in [-0.2, -0.15) is 0 Å². The van der Waals surface area contributed by atoms with Crippen LogP contribution >= 0.6 is 0 Å². The number of hydrogen-bond donors (Lipinski definition) is 1. The molecule has 132 valence electrons. The molecule has 0 aliphatic rings. The van der Waals surface area contributed by atoms with E-state index in [9.17, 15) is 9.59 Å². The molecule has 0 radical (unpaired) electrons. The molecule has 0 spiro atoms. The predicted molar refractivity (Wildman–Crippen MR) is 97.1 cm³/mol. The summed E-state index contributed by atoms with van der Waals surface area (Å²) in [6.07, 6.45) is 0. The molecular weight excluding hydrogens is 318 g/mol. The largest absolute Gasteiger partial charge is 0.484 e. The zero-order chi connectivity index (χ0) is 18.2. The van der Waals surface area contributed by atoms with Crippen molar-refractivity contribution in [1.82, 2.24) is 0 Å². The van der Waals surface area contributed by atoms with Gasteiger partial charge in [-0.3, -0.25) is 4.79 Å². The minimum Gasteiger partial charge on any atom is -0.484 e. The zero-order valence-electron chi connectivity index (χ0n) is 14.7. The van der Waals surface area contributed by atoms with Crippen molar-refractivity contribution < 1.29 is 19.1 Å². The van der Waals surface area contributed by atoms with Crippen LogP contribution in [0.4, 0.5) is 5.69 Å². The van der Waals surface area contributed by atoms with Crippen LogP contribution in [0.5, 0.6) is 5.75 Å². The van der Waals surface area contributed by atoms with E-state index in [0.717, 1.165) is 5.69 Å². The van der Waals surface area contributed by atoms with Gasteiger partial charge in [-0.25, -0.2) is 4.79 Å². The molecule has 0 aliphatic heterocycles. The molecule has 0 unspecified atom stereocenters. The van der Waals surface area contributed by atoms with Gasteiger partial charge >= 0.3 is 5.97 Å². The second-order valence-electron chi connectivity index (χ2n) is 5.86. The maximum absolute atomic E-state index is 12.0. The number of nitrogens with one attached hydrogen (secondary N) is 1. The van der Waals surface area contributed by atoms with Gasteiger partial charge in [0.1, 0.15) is 5.75 Å². The normalized spacial score (nSPS) is 10.4. The quantitative estimate of drug-likeness (QED) is 0.773. The van der Waals surface area contributed by atoms with Gasteiger partial charge in [0.15, 0.2) is 6.61 Å². The molecule has 0 heterocycles. The molecule has 1 N–H and O–H groups in total. The standard InChI is InChI=1S/C20H23NO4/c1-4-24-20(23)16-7-11-18(12-8-16)25-13-19(22)21-17-9-5-15(6-10-17)14(2)3/h5-12,14H,4,13H2,1-3H3,(H,21,22). The van der Waals surface area contributed by atoms with Crippen LogP contribution in [-0.2, 0) is 9.53 Å². The molecule has 0 atom stereocenters. The number of carbonyl (C=O) groups is 2. The van der Waals surface area contributed by atoms with Crippen molar-refractivity contribution in [2.24, 2.45) is 0 Å². The number of ether oxygens (including phenoxy) is 2. The highest BCUT2D eigenvalue weighted by atomic mass is 16.5. The number of anilines is 1. The van der Waals surface area contributed by atoms with Crippen LogP contribution in [0.1, 0.15) is 42.6 Å². The highest BCUT2D eigenvalue weighted by Gasteiger charge is 2.08. The van der Waals surface area contributed by atoms with Gasteiger partial charge in [-0.1, -0.05) is 26.0 Å². The van der Waals surface area contributed by atoms with Crippen molar-refractivity contribution in [2.75, 3.05) is 18.5 Å². The first kappa shape index (κ1) is 18.5. The maximum atomic E-state index is 12.0. The second kappa shape index (κ2) is 8.87. The molecule has 2 aromatic rings. The van der Waals surface area contributed by atoms with E-state index in [1.165, 1.54) is 5.56 Å². The lowest BCUT2D eigenvalue weighted by molar-refractivity contribution is -0.118. The molecule has 0 aliphatic carbocycles. The Hall–Kier alpha value is -2.82. The van der Waals surface area contributed by atoms with Gasteiger partial charge < -0.3 is 14.8 Å². The summed E-state index contributed by atoms with van der Waals surface area (Å²) in [6.45, 7) is 6.22. The van der Waals surface area contributed by atoms with E-state index in [1.807, 2.05) is 24.3 Å². The van der Waals surface area contributed by atoms with Crippen LogP contribution in [0.25, 0.3) is 0 Å². The summed E-state index contributed by atoms with van der Waals surface area (Å²) in [4.78, 5) is 23.5. The number of benzene rings is 2. The smallest absolute Gasteiger partial charge is 0.338 e. The molecule has 2 aromatic carbocycles. The molecule has 5 heteroatoms. The highest BCUT2D eigenvalue weighted by Crippen LogP contribution is 2.17. The fraction of sp³-hybridized carbons (Fsp3) is 0.300. The third-order valence-corrected chi connectivity index (χ3v) is 3.60. The summed E-state index contributed by atoms with van der Waals surface area (Å²) in [6, 6.07) is 14.2. The lowest BCUT2D eigenvalue weighted by atomic mass is 10.0. The molecular formula is C20H23NO4. The molecule has 25 heavy (non-hydrogen) atoms. The van der Waals surface area contributed by atoms with Crippen molar-refractivity contribution in [1.29, 1.82) is 0 Å². The van der Waals surface area contributed by atoms with E-state index < -0.39 is 0 Å². The molecule has 1 amide bonds. The third-order valence-electron chi connectivity index (χ3n) is 3.60. The van der Waals surface area contributed by atoms with Crippen molar-refractivity contribution in [3.8, 4) is 5.75 Å². The van der Waals surface area contributed by atoms with E-state index in [4.69, 9.17) is 9.47 Å². The number of rotatable bonds is 7.